The maximum Gasteiger partial charge on any atom is 0.253 e. The van der Waals surface area contributed by atoms with Gasteiger partial charge < -0.3 is 20.3 Å². The Hall–Kier alpha value is -2.95. The molecule has 1 amide bonds. The summed E-state index contributed by atoms with van der Waals surface area (Å²) in [5.74, 6) is 0.161. The van der Waals surface area contributed by atoms with Crippen molar-refractivity contribution >= 4 is 22.5 Å². The molecule has 24 heavy (non-hydrogen) atoms. The van der Waals surface area contributed by atoms with Crippen LogP contribution in [0.15, 0.2) is 48.7 Å². The number of hydrogen-bond acceptors (Lipinski definition) is 3. The number of hydrogen-bond donors (Lipinski definition) is 3. The van der Waals surface area contributed by atoms with Crippen LogP contribution >= 0.6 is 0 Å². The highest BCUT2D eigenvalue weighted by atomic mass is 16.3. The molecule has 0 saturated heterocycles. The van der Waals surface area contributed by atoms with Crippen LogP contribution in [0.25, 0.3) is 10.9 Å². The number of rotatable bonds is 5. The van der Waals surface area contributed by atoms with E-state index < -0.39 is 0 Å². The van der Waals surface area contributed by atoms with E-state index in [-0.39, 0.29) is 11.7 Å². The summed E-state index contributed by atoms with van der Waals surface area (Å²) in [4.78, 5) is 17.5. The molecule has 3 aromatic rings. The van der Waals surface area contributed by atoms with Gasteiger partial charge in [-0.05, 0) is 42.3 Å². The number of aromatic hydroxyl groups is 1. The first kappa shape index (κ1) is 15.9. The molecule has 0 aliphatic carbocycles. The fraction of sp³-hybridized carbons (Fsp3) is 0.211. The van der Waals surface area contributed by atoms with Crippen molar-refractivity contribution in [3.63, 3.8) is 0 Å². The van der Waals surface area contributed by atoms with Gasteiger partial charge in [0.05, 0.1) is 5.56 Å². The van der Waals surface area contributed by atoms with Crippen molar-refractivity contribution in [2.24, 2.45) is 0 Å². The lowest BCUT2D eigenvalue weighted by Gasteiger charge is -2.16. The molecular weight excluding hydrogens is 302 g/mol. The molecule has 0 radical (unpaired) electrons. The first-order valence-corrected chi connectivity index (χ1v) is 7.90. The van der Waals surface area contributed by atoms with E-state index in [1.807, 2.05) is 55.5 Å². The van der Waals surface area contributed by atoms with Gasteiger partial charge in [0.2, 0.25) is 0 Å². The molecule has 0 aliphatic heterocycles. The lowest BCUT2D eigenvalue weighted by atomic mass is 10.1. The minimum Gasteiger partial charge on any atom is -0.508 e. The van der Waals surface area contributed by atoms with Crippen molar-refractivity contribution in [2.75, 3.05) is 25.5 Å². The third-order valence-electron chi connectivity index (χ3n) is 4.06. The highest BCUT2D eigenvalue weighted by Gasteiger charge is 2.12. The Bertz CT molecular complexity index is 868. The average molecular weight is 323 g/mol. The van der Waals surface area contributed by atoms with Crippen molar-refractivity contribution < 1.29 is 9.90 Å². The highest BCUT2D eigenvalue weighted by molar-refractivity contribution is 5.99. The first-order valence-electron chi connectivity index (χ1n) is 7.90. The zero-order valence-corrected chi connectivity index (χ0v) is 13.8. The van der Waals surface area contributed by atoms with E-state index in [0.717, 1.165) is 22.2 Å². The second kappa shape index (κ2) is 6.66. The molecule has 124 valence electrons. The van der Waals surface area contributed by atoms with Crippen molar-refractivity contribution in [3.8, 4) is 5.75 Å². The number of nitrogens with one attached hydrogen (secondary N) is 2. The smallest absolute Gasteiger partial charge is 0.253 e. The predicted octanol–water partition coefficient (Wildman–Crippen LogP) is 2.91. The quantitative estimate of drug-likeness (QED) is 0.676. The Morgan fingerprint density at radius 1 is 1.21 bits per heavy atom. The molecule has 0 unspecified atom stereocenters. The van der Waals surface area contributed by atoms with Crippen molar-refractivity contribution in [1.82, 2.24) is 10.3 Å². The fourth-order valence-corrected chi connectivity index (χ4v) is 2.83. The summed E-state index contributed by atoms with van der Waals surface area (Å²) in [6.45, 7) is 0.531. The van der Waals surface area contributed by atoms with Gasteiger partial charge in [-0.25, -0.2) is 0 Å². The van der Waals surface area contributed by atoms with Crippen LogP contribution in [0, 0.1) is 0 Å². The molecule has 3 N–H and O–H groups in total. The number of aromatic nitrogens is 1. The molecule has 0 saturated carbocycles. The molecule has 0 atom stereocenters. The van der Waals surface area contributed by atoms with Crippen molar-refractivity contribution in [2.45, 2.75) is 6.42 Å². The zero-order chi connectivity index (χ0) is 17.1. The Balaban J connectivity index is 1.68. The van der Waals surface area contributed by atoms with Crippen LogP contribution in [-0.2, 0) is 6.42 Å². The lowest BCUT2D eigenvalue weighted by molar-refractivity contribution is 0.0954. The van der Waals surface area contributed by atoms with Crippen molar-refractivity contribution in [3.05, 3.63) is 59.8 Å². The summed E-state index contributed by atoms with van der Waals surface area (Å²) < 4.78 is 0. The van der Waals surface area contributed by atoms with Gasteiger partial charge in [-0.1, -0.05) is 12.1 Å². The Morgan fingerprint density at radius 2 is 2.00 bits per heavy atom. The fourth-order valence-electron chi connectivity index (χ4n) is 2.83. The van der Waals surface area contributed by atoms with E-state index in [2.05, 4.69) is 10.3 Å². The van der Waals surface area contributed by atoms with E-state index in [4.69, 9.17) is 0 Å². The Labute approximate surface area is 140 Å². The molecule has 0 aliphatic rings. The van der Waals surface area contributed by atoms with E-state index in [0.29, 0.717) is 18.5 Å². The third-order valence-corrected chi connectivity index (χ3v) is 4.06. The van der Waals surface area contributed by atoms with Crippen LogP contribution in [0.1, 0.15) is 15.9 Å². The van der Waals surface area contributed by atoms with Crippen LogP contribution in [0.5, 0.6) is 5.75 Å². The number of anilines is 1. The summed E-state index contributed by atoms with van der Waals surface area (Å²) in [7, 11) is 3.84. The second-order valence-corrected chi connectivity index (χ2v) is 5.96. The maximum atomic E-state index is 12.4. The molecular formula is C19H21N3O2. The zero-order valence-electron chi connectivity index (χ0n) is 13.8. The number of phenolic OH excluding ortho intramolecular Hbond substituents is 1. The number of carbonyl (C=O) groups excluding carboxylic acids is 1. The number of benzene rings is 2. The van der Waals surface area contributed by atoms with Gasteiger partial charge in [-0.2, -0.15) is 0 Å². The minimum absolute atomic E-state index is 0.0815. The summed E-state index contributed by atoms with van der Waals surface area (Å²) >= 11 is 0. The number of phenols is 1. The average Bonchev–Trinajstić information content (AvgIpc) is 2.97. The molecule has 3 rings (SSSR count). The molecule has 0 spiro atoms. The molecule has 0 fully saturated rings. The largest absolute Gasteiger partial charge is 0.508 e. The highest BCUT2D eigenvalue weighted by Crippen LogP contribution is 2.23. The summed E-state index contributed by atoms with van der Waals surface area (Å²) in [6.07, 6.45) is 2.61. The molecule has 5 nitrogen and oxygen atoms in total. The van der Waals surface area contributed by atoms with Crippen LogP contribution in [0.3, 0.4) is 0 Å². The van der Waals surface area contributed by atoms with E-state index in [9.17, 15) is 9.90 Å². The SMILES string of the molecule is CN(C)c1ccccc1C(=O)NCCc1c[nH]c2ccc(O)cc12. The number of aromatic amines is 1. The predicted molar refractivity (Wildman–Crippen MR) is 96.8 cm³/mol. The van der Waals surface area contributed by atoms with Gasteiger partial charge in [0.1, 0.15) is 5.75 Å². The van der Waals surface area contributed by atoms with Gasteiger partial charge >= 0.3 is 0 Å². The molecule has 0 bridgehead atoms. The lowest BCUT2D eigenvalue weighted by Crippen LogP contribution is -2.27. The molecule has 1 heterocycles. The summed E-state index contributed by atoms with van der Waals surface area (Å²) in [5.41, 5.74) is 3.61. The Kier molecular flexibility index (Phi) is 4.42. The van der Waals surface area contributed by atoms with E-state index >= 15 is 0 Å². The van der Waals surface area contributed by atoms with Gasteiger partial charge in [-0.3, -0.25) is 4.79 Å². The topological polar surface area (TPSA) is 68.4 Å². The molecule has 2 aromatic carbocycles. The summed E-state index contributed by atoms with van der Waals surface area (Å²) in [6, 6.07) is 12.8. The van der Waals surface area contributed by atoms with Crippen molar-refractivity contribution in [1.29, 1.82) is 0 Å². The van der Waals surface area contributed by atoms with E-state index in [1.54, 1.807) is 12.1 Å². The van der Waals surface area contributed by atoms with Crippen LogP contribution in [-0.4, -0.2) is 36.6 Å². The number of amides is 1. The van der Waals surface area contributed by atoms with E-state index in [1.165, 1.54) is 0 Å². The normalized spacial score (nSPS) is 10.8. The van der Waals surface area contributed by atoms with Crippen LogP contribution in [0.4, 0.5) is 5.69 Å². The van der Waals surface area contributed by atoms with Gasteiger partial charge in [0, 0.05) is 43.4 Å². The first-order chi connectivity index (χ1) is 11.6. The Morgan fingerprint density at radius 3 is 2.79 bits per heavy atom. The standard InChI is InChI=1S/C19H21N3O2/c1-22(2)18-6-4-3-5-15(18)19(24)20-10-9-13-12-21-17-8-7-14(23)11-16(13)17/h3-8,11-12,21,23H,9-10H2,1-2H3,(H,20,24). The summed E-state index contributed by atoms with van der Waals surface area (Å²) in [5, 5.41) is 13.6. The number of fused-ring (bicyclic) bond motifs is 1. The van der Waals surface area contributed by atoms with Gasteiger partial charge in [0.25, 0.3) is 5.91 Å². The number of nitrogens with zero attached hydrogens (tertiary/aromatic N) is 1. The number of H-pyrrole nitrogens is 1. The third kappa shape index (κ3) is 3.20. The monoisotopic (exact) mass is 323 g/mol. The van der Waals surface area contributed by atoms with Crippen LogP contribution < -0.4 is 10.2 Å². The van der Waals surface area contributed by atoms with Crippen LogP contribution in [0.2, 0.25) is 0 Å². The second-order valence-electron chi connectivity index (χ2n) is 5.96. The minimum atomic E-state index is -0.0815. The van der Waals surface area contributed by atoms with Gasteiger partial charge in [-0.15, -0.1) is 0 Å². The number of para-hydroxylation sites is 1. The number of carbonyl (C=O) groups is 1. The maximum absolute atomic E-state index is 12.4. The molecule has 1 aromatic heterocycles. The van der Waals surface area contributed by atoms with Gasteiger partial charge in [0.15, 0.2) is 0 Å². The molecule has 5 heteroatoms.